The SMILES string of the molecule is C[C@H]1CN(c2ccc(OC(F)(F)F)c(Cl)c2)[C@@H]2CCCC[C@H]2N1. The van der Waals surface area contributed by atoms with Gasteiger partial charge in [0.05, 0.1) is 5.02 Å². The molecule has 2 fully saturated rings. The Kier molecular flexibility index (Phi) is 4.65. The van der Waals surface area contributed by atoms with Crippen LogP contribution in [0.3, 0.4) is 0 Å². The van der Waals surface area contributed by atoms with Crippen LogP contribution in [0.5, 0.6) is 5.75 Å². The molecule has 1 aliphatic carbocycles. The largest absolute Gasteiger partial charge is 0.573 e. The van der Waals surface area contributed by atoms with E-state index in [0.717, 1.165) is 25.1 Å². The van der Waals surface area contributed by atoms with Crippen molar-refractivity contribution in [2.75, 3.05) is 11.4 Å². The molecule has 1 N–H and O–H groups in total. The maximum Gasteiger partial charge on any atom is 0.573 e. The second-order valence-electron chi connectivity index (χ2n) is 6.34. The third kappa shape index (κ3) is 3.86. The van der Waals surface area contributed by atoms with Crippen molar-refractivity contribution >= 4 is 17.3 Å². The Morgan fingerprint density at radius 2 is 2.00 bits per heavy atom. The molecule has 3 nitrogen and oxygen atoms in total. The van der Waals surface area contributed by atoms with Gasteiger partial charge in [0.2, 0.25) is 0 Å². The molecule has 3 rings (SSSR count). The monoisotopic (exact) mass is 348 g/mol. The summed E-state index contributed by atoms with van der Waals surface area (Å²) in [5.74, 6) is -0.355. The minimum atomic E-state index is -4.73. The summed E-state index contributed by atoms with van der Waals surface area (Å²) >= 11 is 6.00. The topological polar surface area (TPSA) is 24.5 Å². The Hall–Kier alpha value is -1.14. The summed E-state index contributed by atoms with van der Waals surface area (Å²) in [5.41, 5.74) is 0.856. The molecule has 1 aliphatic heterocycles. The van der Waals surface area contributed by atoms with Crippen molar-refractivity contribution in [2.24, 2.45) is 0 Å². The van der Waals surface area contributed by atoms with E-state index in [1.54, 1.807) is 12.1 Å². The smallest absolute Gasteiger partial charge is 0.404 e. The van der Waals surface area contributed by atoms with Gasteiger partial charge in [0, 0.05) is 30.4 Å². The lowest BCUT2D eigenvalue weighted by Gasteiger charge is -2.48. The molecular formula is C16H20ClF3N2O. The maximum atomic E-state index is 12.3. The van der Waals surface area contributed by atoms with Gasteiger partial charge < -0.3 is 15.0 Å². The van der Waals surface area contributed by atoms with E-state index in [4.69, 9.17) is 11.6 Å². The molecule has 128 valence electrons. The Labute approximate surface area is 138 Å². The molecule has 0 amide bonds. The van der Waals surface area contributed by atoms with Crippen LogP contribution in [0.15, 0.2) is 18.2 Å². The third-order valence-electron chi connectivity index (χ3n) is 4.57. The average Bonchev–Trinajstić information content (AvgIpc) is 2.47. The fraction of sp³-hybridized carbons (Fsp3) is 0.625. The number of hydrogen-bond acceptors (Lipinski definition) is 3. The zero-order valence-corrected chi connectivity index (χ0v) is 13.6. The maximum absolute atomic E-state index is 12.3. The third-order valence-corrected chi connectivity index (χ3v) is 4.87. The van der Waals surface area contributed by atoms with Gasteiger partial charge in [-0.15, -0.1) is 13.2 Å². The van der Waals surface area contributed by atoms with E-state index in [9.17, 15) is 13.2 Å². The summed E-state index contributed by atoms with van der Waals surface area (Å²) in [7, 11) is 0. The molecule has 0 radical (unpaired) electrons. The Morgan fingerprint density at radius 1 is 1.26 bits per heavy atom. The van der Waals surface area contributed by atoms with Gasteiger partial charge in [0.25, 0.3) is 0 Å². The van der Waals surface area contributed by atoms with Gasteiger partial charge in [-0.1, -0.05) is 24.4 Å². The zero-order chi connectivity index (χ0) is 16.6. The predicted octanol–water partition coefficient (Wildman–Crippen LogP) is 4.35. The first-order chi connectivity index (χ1) is 10.8. The van der Waals surface area contributed by atoms with Crippen molar-refractivity contribution < 1.29 is 17.9 Å². The van der Waals surface area contributed by atoms with Gasteiger partial charge in [-0.05, 0) is 38.0 Å². The average molecular weight is 349 g/mol. The molecule has 0 spiro atoms. The molecule has 1 aromatic rings. The first-order valence-corrected chi connectivity index (χ1v) is 8.29. The zero-order valence-electron chi connectivity index (χ0n) is 12.9. The summed E-state index contributed by atoms with van der Waals surface area (Å²) in [6.07, 6.45) is -0.120. The molecular weight excluding hydrogens is 329 g/mol. The highest BCUT2D eigenvalue weighted by Gasteiger charge is 2.36. The Balaban J connectivity index is 1.83. The number of nitrogens with one attached hydrogen (secondary N) is 1. The number of rotatable bonds is 2. The van der Waals surface area contributed by atoms with Gasteiger partial charge in [-0.2, -0.15) is 0 Å². The van der Waals surface area contributed by atoms with Crippen LogP contribution in [0, 0.1) is 0 Å². The van der Waals surface area contributed by atoms with Gasteiger partial charge in [0.1, 0.15) is 5.75 Å². The molecule has 1 aromatic carbocycles. The molecule has 0 bridgehead atoms. The highest BCUT2D eigenvalue weighted by atomic mass is 35.5. The summed E-state index contributed by atoms with van der Waals surface area (Å²) in [5, 5.41) is 3.61. The fourth-order valence-corrected chi connectivity index (χ4v) is 3.91. The number of fused-ring (bicyclic) bond motifs is 1. The van der Waals surface area contributed by atoms with E-state index in [1.165, 1.54) is 18.9 Å². The fourth-order valence-electron chi connectivity index (χ4n) is 3.70. The highest BCUT2D eigenvalue weighted by Crippen LogP contribution is 2.36. The number of anilines is 1. The predicted molar refractivity (Wildman–Crippen MR) is 84.1 cm³/mol. The highest BCUT2D eigenvalue weighted by molar-refractivity contribution is 6.32. The number of nitrogens with zero attached hydrogens (tertiary/aromatic N) is 1. The quantitative estimate of drug-likeness (QED) is 0.860. The van der Waals surface area contributed by atoms with E-state index >= 15 is 0 Å². The second kappa shape index (κ2) is 6.40. The number of alkyl halides is 3. The summed E-state index contributed by atoms with van der Waals surface area (Å²) < 4.78 is 41.0. The molecule has 3 atom stereocenters. The van der Waals surface area contributed by atoms with Gasteiger partial charge in [-0.3, -0.25) is 0 Å². The van der Waals surface area contributed by atoms with Crippen molar-refractivity contribution in [3.63, 3.8) is 0 Å². The molecule has 1 saturated carbocycles. The van der Waals surface area contributed by atoms with Crippen LogP contribution in [0.2, 0.25) is 5.02 Å². The molecule has 1 heterocycles. The van der Waals surface area contributed by atoms with Crippen LogP contribution < -0.4 is 15.0 Å². The second-order valence-corrected chi connectivity index (χ2v) is 6.75. The lowest BCUT2D eigenvalue weighted by atomic mass is 9.86. The Bertz CT molecular complexity index is 567. The van der Waals surface area contributed by atoms with Crippen molar-refractivity contribution in [1.82, 2.24) is 5.32 Å². The van der Waals surface area contributed by atoms with E-state index in [0.29, 0.717) is 18.1 Å². The molecule has 0 unspecified atom stereocenters. The van der Waals surface area contributed by atoms with Crippen LogP contribution in [-0.4, -0.2) is 31.0 Å². The summed E-state index contributed by atoms with van der Waals surface area (Å²) in [4.78, 5) is 2.27. The van der Waals surface area contributed by atoms with Crippen LogP contribution in [-0.2, 0) is 0 Å². The number of piperazine rings is 1. The lowest BCUT2D eigenvalue weighted by Crippen LogP contribution is -2.62. The number of halogens is 4. The first kappa shape index (κ1) is 16.7. The van der Waals surface area contributed by atoms with Crippen molar-refractivity contribution in [3.05, 3.63) is 23.2 Å². The number of benzene rings is 1. The van der Waals surface area contributed by atoms with Crippen LogP contribution in [0.1, 0.15) is 32.6 Å². The van der Waals surface area contributed by atoms with Crippen molar-refractivity contribution in [1.29, 1.82) is 0 Å². The van der Waals surface area contributed by atoms with Crippen molar-refractivity contribution in [2.45, 2.75) is 57.1 Å². The van der Waals surface area contributed by atoms with Gasteiger partial charge in [0.15, 0.2) is 0 Å². The molecule has 7 heteroatoms. The summed E-state index contributed by atoms with van der Waals surface area (Å²) in [6.45, 7) is 2.94. The van der Waals surface area contributed by atoms with Gasteiger partial charge >= 0.3 is 6.36 Å². The lowest BCUT2D eigenvalue weighted by molar-refractivity contribution is -0.274. The van der Waals surface area contributed by atoms with E-state index < -0.39 is 6.36 Å². The van der Waals surface area contributed by atoms with Gasteiger partial charge in [-0.25, -0.2) is 0 Å². The minimum Gasteiger partial charge on any atom is -0.404 e. The van der Waals surface area contributed by atoms with Crippen LogP contribution >= 0.6 is 11.6 Å². The normalized spacial score (nSPS) is 28.4. The molecule has 2 aliphatic rings. The first-order valence-electron chi connectivity index (χ1n) is 7.91. The molecule has 1 saturated heterocycles. The van der Waals surface area contributed by atoms with Crippen molar-refractivity contribution in [3.8, 4) is 5.75 Å². The van der Waals surface area contributed by atoms with E-state index in [-0.39, 0.29) is 10.8 Å². The van der Waals surface area contributed by atoms with E-state index in [2.05, 4.69) is 21.9 Å². The number of hydrogen-bond donors (Lipinski definition) is 1. The molecule has 23 heavy (non-hydrogen) atoms. The summed E-state index contributed by atoms with van der Waals surface area (Å²) in [6, 6.07) is 5.67. The number of ether oxygens (including phenoxy) is 1. The minimum absolute atomic E-state index is 0.0154. The standard InChI is InChI=1S/C16H20ClF3N2O/c1-10-9-22(14-5-3-2-4-13(14)21-10)11-6-7-15(12(17)8-11)23-16(18,19)20/h6-8,10,13-14,21H,2-5,9H2,1H3/t10-,13+,14+/m0/s1. The molecule has 0 aromatic heterocycles. The van der Waals surface area contributed by atoms with E-state index in [1.807, 2.05) is 0 Å². The van der Waals surface area contributed by atoms with Crippen LogP contribution in [0.25, 0.3) is 0 Å². The Morgan fingerprint density at radius 3 is 2.70 bits per heavy atom. The van der Waals surface area contributed by atoms with Crippen LogP contribution in [0.4, 0.5) is 18.9 Å².